The predicted molar refractivity (Wildman–Crippen MR) is 87.6 cm³/mol. The normalized spacial score (nSPS) is 27.1. The Morgan fingerprint density at radius 2 is 1.90 bits per heavy atom. The molecule has 0 amide bonds. The summed E-state index contributed by atoms with van der Waals surface area (Å²) in [5.74, 6) is 1.58. The van der Waals surface area contributed by atoms with Gasteiger partial charge in [-0.3, -0.25) is 0 Å². The number of hydrogen-bond acceptors (Lipinski definition) is 3. The van der Waals surface area contributed by atoms with E-state index >= 15 is 0 Å². The van der Waals surface area contributed by atoms with Gasteiger partial charge >= 0.3 is 0 Å². The van der Waals surface area contributed by atoms with Crippen LogP contribution in [0, 0.1) is 11.8 Å². The van der Waals surface area contributed by atoms with E-state index in [2.05, 4.69) is 26.1 Å². The van der Waals surface area contributed by atoms with Gasteiger partial charge in [-0.2, -0.15) is 0 Å². The van der Waals surface area contributed by atoms with Crippen LogP contribution in [0.3, 0.4) is 0 Å². The van der Waals surface area contributed by atoms with Crippen molar-refractivity contribution in [3.63, 3.8) is 0 Å². The van der Waals surface area contributed by atoms with Crippen molar-refractivity contribution < 1.29 is 9.47 Å². The van der Waals surface area contributed by atoms with E-state index in [9.17, 15) is 0 Å². The summed E-state index contributed by atoms with van der Waals surface area (Å²) in [4.78, 5) is 0. The molecule has 2 saturated heterocycles. The molecule has 1 spiro atoms. The summed E-state index contributed by atoms with van der Waals surface area (Å²) in [5.41, 5.74) is 0.130. The molecule has 3 nitrogen and oxygen atoms in total. The zero-order valence-corrected chi connectivity index (χ0v) is 14.3. The maximum absolute atomic E-state index is 6.21. The third-order valence-electron chi connectivity index (χ3n) is 5.22. The molecule has 3 heteroatoms. The number of rotatable bonds is 7. The van der Waals surface area contributed by atoms with Crippen molar-refractivity contribution in [2.45, 2.75) is 77.4 Å². The van der Waals surface area contributed by atoms with Crippen LogP contribution in [-0.2, 0) is 9.47 Å². The number of nitrogens with one attached hydrogen (secondary N) is 1. The number of hydrogen-bond donors (Lipinski definition) is 1. The van der Waals surface area contributed by atoms with Crippen LogP contribution in [0.4, 0.5) is 0 Å². The molecule has 0 aliphatic carbocycles. The van der Waals surface area contributed by atoms with Gasteiger partial charge in [0.1, 0.15) is 0 Å². The Bertz CT molecular complexity index is 281. The van der Waals surface area contributed by atoms with Gasteiger partial charge in [0.15, 0.2) is 0 Å². The van der Waals surface area contributed by atoms with Gasteiger partial charge in [0, 0.05) is 25.9 Å². The smallest absolute Gasteiger partial charge is 0.0729 e. The Kier molecular flexibility index (Phi) is 6.97. The van der Waals surface area contributed by atoms with E-state index in [0.717, 1.165) is 51.0 Å². The Hall–Kier alpha value is -0.120. The Labute approximate surface area is 131 Å². The first-order valence-electron chi connectivity index (χ1n) is 9.10. The molecule has 124 valence electrons. The molecule has 0 aromatic rings. The van der Waals surface area contributed by atoms with Crippen LogP contribution >= 0.6 is 0 Å². The predicted octanol–water partition coefficient (Wildman–Crippen LogP) is 3.77. The molecule has 2 unspecified atom stereocenters. The fourth-order valence-electron chi connectivity index (χ4n) is 3.85. The van der Waals surface area contributed by atoms with Crippen molar-refractivity contribution in [3.8, 4) is 0 Å². The molecule has 0 bridgehead atoms. The molecule has 2 heterocycles. The topological polar surface area (TPSA) is 30.5 Å². The minimum atomic E-state index is 0.130. The molecule has 21 heavy (non-hydrogen) atoms. The van der Waals surface area contributed by atoms with E-state index in [1.54, 1.807) is 0 Å². The zero-order chi connectivity index (χ0) is 15.1. The summed E-state index contributed by atoms with van der Waals surface area (Å²) in [6.07, 6.45) is 8.50. The van der Waals surface area contributed by atoms with E-state index in [1.807, 2.05) is 0 Å². The lowest BCUT2D eigenvalue weighted by molar-refractivity contribution is -0.150. The second-order valence-corrected chi connectivity index (χ2v) is 7.43. The first kappa shape index (κ1) is 17.2. The lowest BCUT2D eigenvalue weighted by Gasteiger charge is -2.45. The lowest BCUT2D eigenvalue weighted by Crippen LogP contribution is -2.49. The van der Waals surface area contributed by atoms with Crippen molar-refractivity contribution in [3.05, 3.63) is 0 Å². The van der Waals surface area contributed by atoms with Gasteiger partial charge in [0.05, 0.1) is 5.60 Å². The maximum atomic E-state index is 6.21. The summed E-state index contributed by atoms with van der Waals surface area (Å²) in [5, 5.41) is 3.83. The minimum absolute atomic E-state index is 0.130. The molecule has 0 saturated carbocycles. The van der Waals surface area contributed by atoms with Gasteiger partial charge in [-0.1, -0.05) is 20.8 Å². The SMILES string of the molecule is CCCNC(CCC(C)C)C1CCOC2(CCOCC2)C1. The van der Waals surface area contributed by atoms with Crippen LogP contribution in [0.25, 0.3) is 0 Å². The molecule has 2 aliphatic rings. The molecule has 2 aliphatic heterocycles. The average molecular weight is 297 g/mol. The van der Waals surface area contributed by atoms with Gasteiger partial charge < -0.3 is 14.8 Å². The van der Waals surface area contributed by atoms with E-state index in [4.69, 9.17) is 9.47 Å². The molecular weight excluding hydrogens is 262 g/mol. The van der Waals surface area contributed by atoms with Crippen LogP contribution in [0.1, 0.15) is 65.7 Å². The molecule has 0 aromatic heterocycles. The standard InChI is InChI=1S/C18H35NO2/c1-4-10-19-17(6-5-15(2)3)16-7-11-21-18(14-16)8-12-20-13-9-18/h15-17,19H,4-14H2,1-3H3. The zero-order valence-electron chi connectivity index (χ0n) is 14.3. The van der Waals surface area contributed by atoms with Gasteiger partial charge in [-0.15, -0.1) is 0 Å². The minimum Gasteiger partial charge on any atom is -0.381 e. The van der Waals surface area contributed by atoms with Crippen LogP contribution in [-0.4, -0.2) is 38.0 Å². The fourth-order valence-corrected chi connectivity index (χ4v) is 3.85. The second kappa shape index (κ2) is 8.50. The monoisotopic (exact) mass is 297 g/mol. The quantitative estimate of drug-likeness (QED) is 0.776. The van der Waals surface area contributed by atoms with Crippen LogP contribution in [0.15, 0.2) is 0 Å². The Morgan fingerprint density at radius 1 is 1.14 bits per heavy atom. The molecule has 2 atom stereocenters. The first-order valence-corrected chi connectivity index (χ1v) is 9.10. The van der Waals surface area contributed by atoms with Crippen molar-refractivity contribution in [2.24, 2.45) is 11.8 Å². The van der Waals surface area contributed by atoms with E-state index in [0.29, 0.717) is 6.04 Å². The fraction of sp³-hybridized carbons (Fsp3) is 1.00. The molecule has 0 radical (unpaired) electrons. The van der Waals surface area contributed by atoms with E-state index < -0.39 is 0 Å². The highest BCUT2D eigenvalue weighted by Gasteiger charge is 2.40. The van der Waals surface area contributed by atoms with Crippen molar-refractivity contribution in [1.29, 1.82) is 0 Å². The van der Waals surface area contributed by atoms with Crippen LogP contribution < -0.4 is 5.32 Å². The van der Waals surface area contributed by atoms with Crippen molar-refractivity contribution in [2.75, 3.05) is 26.4 Å². The summed E-state index contributed by atoms with van der Waals surface area (Å²) >= 11 is 0. The van der Waals surface area contributed by atoms with Gasteiger partial charge in [0.2, 0.25) is 0 Å². The second-order valence-electron chi connectivity index (χ2n) is 7.43. The summed E-state index contributed by atoms with van der Waals surface area (Å²) in [7, 11) is 0. The summed E-state index contributed by atoms with van der Waals surface area (Å²) in [6.45, 7) is 10.8. The Morgan fingerprint density at radius 3 is 2.57 bits per heavy atom. The Balaban J connectivity index is 1.93. The largest absolute Gasteiger partial charge is 0.381 e. The molecular formula is C18H35NO2. The van der Waals surface area contributed by atoms with Crippen LogP contribution in [0.5, 0.6) is 0 Å². The van der Waals surface area contributed by atoms with Crippen molar-refractivity contribution in [1.82, 2.24) is 5.32 Å². The highest BCUT2D eigenvalue weighted by Crippen LogP contribution is 2.39. The molecule has 1 N–H and O–H groups in total. The highest BCUT2D eigenvalue weighted by atomic mass is 16.5. The molecule has 2 fully saturated rings. The lowest BCUT2D eigenvalue weighted by atomic mass is 9.76. The number of ether oxygens (including phenoxy) is 2. The maximum Gasteiger partial charge on any atom is 0.0729 e. The van der Waals surface area contributed by atoms with E-state index in [1.165, 1.54) is 32.1 Å². The molecule has 0 aromatic carbocycles. The van der Waals surface area contributed by atoms with Crippen molar-refractivity contribution >= 4 is 0 Å². The van der Waals surface area contributed by atoms with E-state index in [-0.39, 0.29) is 5.60 Å². The third kappa shape index (κ3) is 5.22. The average Bonchev–Trinajstić information content (AvgIpc) is 2.48. The third-order valence-corrected chi connectivity index (χ3v) is 5.22. The summed E-state index contributed by atoms with van der Waals surface area (Å²) < 4.78 is 11.8. The molecule has 2 rings (SSSR count). The van der Waals surface area contributed by atoms with Gasteiger partial charge in [0.25, 0.3) is 0 Å². The first-order chi connectivity index (χ1) is 10.2. The summed E-state index contributed by atoms with van der Waals surface area (Å²) in [6, 6.07) is 0.677. The highest BCUT2D eigenvalue weighted by molar-refractivity contribution is 4.92. The van der Waals surface area contributed by atoms with Gasteiger partial charge in [-0.05, 0) is 63.3 Å². The van der Waals surface area contributed by atoms with Crippen LogP contribution in [0.2, 0.25) is 0 Å². The van der Waals surface area contributed by atoms with Gasteiger partial charge in [-0.25, -0.2) is 0 Å².